The Hall–Kier alpha value is -2.45. The number of halogens is 1. The molecule has 0 aliphatic carbocycles. The van der Waals surface area contributed by atoms with E-state index >= 15 is 0 Å². The molecule has 34 heavy (non-hydrogen) atoms. The number of rotatable bonds is 6. The highest BCUT2D eigenvalue weighted by Crippen LogP contribution is 2.47. The molecule has 0 fully saturated rings. The molecule has 0 radical (unpaired) electrons. The number of aromatic nitrogens is 1. The van der Waals surface area contributed by atoms with Crippen LogP contribution < -0.4 is 10.1 Å². The zero-order valence-electron chi connectivity index (χ0n) is 19.4. The van der Waals surface area contributed by atoms with E-state index in [1.807, 2.05) is 38.1 Å². The van der Waals surface area contributed by atoms with Crippen LogP contribution in [0.15, 0.2) is 33.8 Å². The first-order chi connectivity index (χ1) is 16.5. The average molecular weight is 498 g/mol. The summed E-state index contributed by atoms with van der Waals surface area (Å²) >= 11 is 8.09. The lowest BCUT2D eigenvalue weighted by Gasteiger charge is -2.28. The monoisotopic (exact) mass is 497 g/mol. The highest BCUT2D eigenvalue weighted by molar-refractivity contribution is 7.13. The molecule has 5 rings (SSSR count). The van der Waals surface area contributed by atoms with Gasteiger partial charge in [0.2, 0.25) is 0 Å². The van der Waals surface area contributed by atoms with E-state index in [0.29, 0.717) is 11.4 Å². The van der Waals surface area contributed by atoms with Crippen LogP contribution in [0.5, 0.6) is 5.75 Å². The first-order valence-corrected chi connectivity index (χ1v) is 12.9. The van der Waals surface area contributed by atoms with Crippen molar-refractivity contribution in [1.82, 2.24) is 10.5 Å². The number of hydrogen-bond acceptors (Lipinski definition) is 7. The Kier molecular flexibility index (Phi) is 6.62. The highest BCUT2D eigenvalue weighted by atomic mass is 35.5. The molecule has 3 aromatic rings. The molecule has 2 aliphatic rings. The number of benzene rings is 1. The predicted octanol–water partition coefficient (Wildman–Crippen LogP) is 6.33. The zero-order valence-corrected chi connectivity index (χ0v) is 20.9. The molecule has 2 atom stereocenters. The summed E-state index contributed by atoms with van der Waals surface area (Å²) in [5, 5.41) is 18.8. The smallest absolute Gasteiger partial charge is 0.181 e. The number of aliphatic hydroxyl groups excluding tert-OH is 1. The average Bonchev–Trinajstić information content (AvgIpc) is 3.48. The zero-order chi connectivity index (χ0) is 23.8. The number of aryl methyl sites for hydroxylation is 1. The maximum atomic E-state index is 10.4. The molecule has 0 amide bonds. The van der Waals surface area contributed by atoms with E-state index in [1.165, 1.54) is 11.3 Å². The summed E-state index contributed by atoms with van der Waals surface area (Å²) in [7, 11) is 0. The Morgan fingerprint density at radius 1 is 1.41 bits per heavy atom. The number of nitrogens with one attached hydrogen (secondary N) is 1. The fraction of sp³-hybridized carbons (Fsp3) is 0.385. The van der Waals surface area contributed by atoms with E-state index in [9.17, 15) is 5.11 Å². The molecule has 2 aromatic heterocycles. The second kappa shape index (κ2) is 9.66. The summed E-state index contributed by atoms with van der Waals surface area (Å²) < 4.78 is 12.4. The van der Waals surface area contributed by atoms with Gasteiger partial charge in [0.25, 0.3) is 0 Å². The Balaban J connectivity index is 1.57. The molecule has 2 unspecified atom stereocenters. The Labute approximate surface area is 208 Å². The summed E-state index contributed by atoms with van der Waals surface area (Å²) in [6.45, 7) is 9.37. The van der Waals surface area contributed by atoms with Gasteiger partial charge in [-0.3, -0.25) is 4.99 Å². The fourth-order valence-electron chi connectivity index (χ4n) is 4.75. The van der Waals surface area contributed by atoms with Crippen molar-refractivity contribution in [2.45, 2.75) is 58.3 Å². The first-order valence-electron chi connectivity index (χ1n) is 11.7. The van der Waals surface area contributed by atoms with Crippen LogP contribution in [-0.2, 0) is 19.4 Å². The summed E-state index contributed by atoms with van der Waals surface area (Å²) in [6.07, 6.45) is 4.43. The molecule has 0 bridgehead atoms. The van der Waals surface area contributed by atoms with Crippen molar-refractivity contribution in [3.8, 4) is 5.75 Å². The predicted molar refractivity (Wildman–Crippen MR) is 137 cm³/mol. The van der Waals surface area contributed by atoms with Crippen molar-refractivity contribution in [2.75, 3.05) is 6.54 Å². The number of ether oxygens (including phenoxy) is 1. The normalized spacial score (nSPS) is 18.7. The van der Waals surface area contributed by atoms with E-state index < -0.39 is 6.10 Å². The van der Waals surface area contributed by atoms with Crippen LogP contribution in [0.2, 0.25) is 5.02 Å². The molecule has 178 valence electrons. The first kappa shape index (κ1) is 23.3. The largest absolute Gasteiger partial charge is 0.481 e. The second-order valence-corrected chi connectivity index (χ2v) is 10.2. The van der Waals surface area contributed by atoms with Crippen LogP contribution in [-0.4, -0.2) is 23.5 Å². The van der Waals surface area contributed by atoms with Crippen LogP contribution in [0.4, 0.5) is 5.69 Å². The number of nitrogens with zero attached hydrogens (tertiary/aromatic N) is 2. The van der Waals surface area contributed by atoms with Gasteiger partial charge < -0.3 is 19.7 Å². The van der Waals surface area contributed by atoms with E-state index in [-0.39, 0.29) is 6.10 Å². The van der Waals surface area contributed by atoms with Gasteiger partial charge in [0, 0.05) is 46.1 Å². The van der Waals surface area contributed by atoms with Crippen LogP contribution >= 0.6 is 22.9 Å². The molecule has 1 aromatic carbocycles. The Bertz CT molecular complexity index is 1260. The van der Waals surface area contributed by atoms with Gasteiger partial charge in [-0.05, 0) is 56.7 Å². The minimum atomic E-state index is -0.530. The van der Waals surface area contributed by atoms with Crippen molar-refractivity contribution < 1.29 is 14.4 Å². The lowest BCUT2D eigenvalue weighted by Crippen LogP contribution is -2.25. The number of aliphatic hydroxyl groups is 1. The van der Waals surface area contributed by atoms with Gasteiger partial charge in [0.1, 0.15) is 5.75 Å². The summed E-state index contributed by atoms with van der Waals surface area (Å²) in [5.41, 5.74) is 5.83. The Morgan fingerprint density at radius 2 is 2.26 bits per heavy atom. The third kappa shape index (κ3) is 4.11. The molecular weight excluding hydrogens is 470 g/mol. The van der Waals surface area contributed by atoms with Crippen LogP contribution in [0.1, 0.15) is 76.8 Å². The number of aliphatic imine (C=N–C) groups is 1. The molecule has 2 aliphatic heterocycles. The molecular formula is C26H28ClN3O3S. The van der Waals surface area contributed by atoms with Crippen molar-refractivity contribution in [3.63, 3.8) is 0 Å². The van der Waals surface area contributed by atoms with Crippen LogP contribution in [0, 0.1) is 0 Å². The van der Waals surface area contributed by atoms with Crippen LogP contribution in [0.3, 0.4) is 0 Å². The van der Waals surface area contributed by atoms with Crippen molar-refractivity contribution in [2.24, 2.45) is 4.99 Å². The third-order valence-electron chi connectivity index (χ3n) is 6.54. The second-order valence-electron chi connectivity index (χ2n) is 8.63. The maximum absolute atomic E-state index is 10.4. The van der Waals surface area contributed by atoms with Gasteiger partial charge in [-0.25, -0.2) is 0 Å². The van der Waals surface area contributed by atoms with Gasteiger partial charge in [-0.2, -0.15) is 0 Å². The minimum absolute atomic E-state index is 0.209. The SMILES string of the molecule is C=Nc1cc(C(O)CC)sc1/C(=C\C)c1cc(Cl)cc2c1OC(c1onc3c1CNCC3)CC2. The van der Waals surface area contributed by atoms with Crippen LogP contribution in [0.25, 0.3) is 5.57 Å². The topological polar surface area (TPSA) is 79.9 Å². The summed E-state index contributed by atoms with van der Waals surface area (Å²) in [6, 6.07) is 5.84. The number of thiophene rings is 1. The number of fused-ring (bicyclic) bond motifs is 2. The quantitative estimate of drug-likeness (QED) is 0.389. The summed E-state index contributed by atoms with van der Waals surface area (Å²) in [4.78, 5) is 6.06. The molecule has 0 saturated heterocycles. The van der Waals surface area contributed by atoms with Crippen molar-refractivity contribution in [1.29, 1.82) is 0 Å². The molecule has 2 N–H and O–H groups in total. The van der Waals surface area contributed by atoms with Gasteiger partial charge in [0.15, 0.2) is 11.9 Å². The van der Waals surface area contributed by atoms with E-state index in [1.54, 1.807) is 0 Å². The Morgan fingerprint density at radius 3 is 3.03 bits per heavy atom. The highest BCUT2D eigenvalue weighted by Gasteiger charge is 2.32. The molecule has 0 spiro atoms. The fourth-order valence-corrected chi connectivity index (χ4v) is 6.26. The van der Waals surface area contributed by atoms with Gasteiger partial charge in [-0.15, -0.1) is 11.3 Å². The number of hydrogen-bond donors (Lipinski definition) is 2. The summed E-state index contributed by atoms with van der Waals surface area (Å²) in [5.74, 6) is 1.62. The van der Waals surface area contributed by atoms with Crippen molar-refractivity contribution >= 4 is 40.9 Å². The number of allylic oxidation sites excluding steroid dienone is 1. The minimum Gasteiger partial charge on any atom is -0.481 e. The molecule has 4 heterocycles. The third-order valence-corrected chi connectivity index (χ3v) is 8.02. The van der Waals surface area contributed by atoms with Crippen molar-refractivity contribution in [3.05, 3.63) is 67.2 Å². The standard InChI is InChI=1S/C26H28ClN3O3S/c1-4-16(26-20(28-3)12-23(34-26)21(31)5-2)17-11-15(27)10-14-6-7-22(32-24(14)17)25-18-13-29-9-8-19(18)30-33-25/h4,10-12,21-22,29,31H,3,5-9,13H2,1-2H3/b16-4-. The lowest BCUT2D eigenvalue weighted by atomic mass is 9.92. The van der Waals surface area contributed by atoms with Gasteiger partial charge in [-0.1, -0.05) is 29.8 Å². The maximum Gasteiger partial charge on any atom is 0.181 e. The molecule has 0 saturated carbocycles. The van der Waals surface area contributed by atoms with E-state index in [2.05, 4.69) is 22.2 Å². The van der Waals surface area contributed by atoms with Gasteiger partial charge >= 0.3 is 0 Å². The van der Waals surface area contributed by atoms with E-state index in [0.717, 1.165) is 87.3 Å². The van der Waals surface area contributed by atoms with Gasteiger partial charge in [0.05, 0.1) is 22.4 Å². The molecule has 6 nitrogen and oxygen atoms in total. The molecule has 8 heteroatoms. The van der Waals surface area contributed by atoms with E-state index in [4.69, 9.17) is 20.9 Å². The lowest BCUT2D eigenvalue weighted by molar-refractivity contribution is 0.138.